The van der Waals surface area contributed by atoms with Crippen LogP contribution in [0.3, 0.4) is 0 Å². The molecule has 1 aliphatic heterocycles. The molecule has 0 radical (unpaired) electrons. The maximum atomic E-state index is 13.0. The van der Waals surface area contributed by atoms with E-state index in [0.29, 0.717) is 36.0 Å². The van der Waals surface area contributed by atoms with Crippen molar-refractivity contribution in [3.8, 4) is 11.5 Å². The van der Waals surface area contributed by atoms with Gasteiger partial charge in [-0.1, -0.05) is 17.7 Å². The highest BCUT2D eigenvalue weighted by molar-refractivity contribution is 6.31. The molecule has 0 saturated carbocycles. The van der Waals surface area contributed by atoms with Gasteiger partial charge in [-0.2, -0.15) is 0 Å². The monoisotopic (exact) mass is 382 g/mol. The lowest BCUT2D eigenvalue weighted by molar-refractivity contribution is 0.0783. The standard InChI is InChI=1S/C21H19ClN2O3/c1-13-17(11-15-10-16(22)4-5-18(15)23-13)21(25)24(2)12-14-3-6-19-20(9-14)27-8-7-26-19/h3-6,9-11H,7-8,12H2,1-2H3. The van der Waals surface area contributed by atoms with E-state index in [1.54, 1.807) is 18.0 Å². The molecule has 4 rings (SSSR count). The smallest absolute Gasteiger partial charge is 0.255 e. The van der Waals surface area contributed by atoms with Crippen molar-refractivity contribution < 1.29 is 14.3 Å². The normalized spacial score (nSPS) is 12.9. The van der Waals surface area contributed by atoms with E-state index in [2.05, 4.69) is 4.98 Å². The molecule has 0 aliphatic carbocycles. The van der Waals surface area contributed by atoms with Gasteiger partial charge in [0.2, 0.25) is 0 Å². The van der Waals surface area contributed by atoms with Crippen molar-refractivity contribution in [3.63, 3.8) is 0 Å². The van der Waals surface area contributed by atoms with Gasteiger partial charge in [0.05, 0.1) is 16.8 Å². The molecule has 5 nitrogen and oxygen atoms in total. The van der Waals surface area contributed by atoms with E-state index in [1.807, 2.05) is 43.3 Å². The number of aromatic nitrogens is 1. The zero-order valence-corrected chi connectivity index (χ0v) is 15.9. The highest BCUT2D eigenvalue weighted by atomic mass is 35.5. The number of ether oxygens (including phenoxy) is 2. The highest BCUT2D eigenvalue weighted by Crippen LogP contribution is 2.31. The first-order valence-corrected chi connectivity index (χ1v) is 9.10. The Balaban J connectivity index is 1.58. The van der Waals surface area contributed by atoms with Crippen LogP contribution in [0.1, 0.15) is 21.6 Å². The van der Waals surface area contributed by atoms with Crippen LogP contribution in [0.2, 0.25) is 5.02 Å². The lowest BCUT2D eigenvalue weighted by Gasteiger charge is -2.21. The lowest BCUT2D eigenvalue weighted by atomic mass is 10.1. The quantitative estimate of drug-likeness (QED) is 0.679. The molecule has 1 aliphatic rings. The molecule has 0 N–H and O–H groups in total. The Hall–Kier alpha value is -2.79. The number of fused-ring (bicyclic) bond motifs is 2. The van der Waals surface area contributed by atoms with E-state index in [0.717, 1.165) is 28.0 Å². The van der Waals surface area contributed by atoms with Crippen molar-refractivity contribution in [2.45, 2.75) is 13.5 Å². The van der Waals surface area contributed by atoms with Gasteiger partial charge in [-0.3, -0.25) is 9.78 Å². The number of hydrogen-bond acceptors (Lipinski definition) is 4. The van der Waals surface area contributed by atoms with Gasteiger partial charge in [0.25, 0.3) is 5.91 Å². The van der Waals surface area contributed by atoms with Crippen LogP contribution in [0.4, 0.5) is 0 Å². The lowest BCUT2D eigenvalue weighted by Crippen LogP contribution is -2.27. The summed E-state index contributed by atoms with van der Waals surface area (Å²) < 4.78 is 11.2. The van der Waals surface area contributed by atoms with Crippen LogP contribution >= 0.6 is 11.6 Å². The SMILES string of the molecule is Cc1nc2ccc(Cl)cc2cc1C(=O)N(C)Cc1ccc2c(c1)OCCO2. The molecule has 0 fully saturated rings. The second-order valence-electron chi connectivity index (χ2n) is 6.60. The van der Waals surface area contributed by atoms with Crippen molar-refractivity contribution in [2.75, 3.05) is 20.3 Å². The first-order valence-electron chi connectivity index (χ1n) is 8.72. The second-order valence-corrected chi connectivity index (χ2v) is 7.03. The number of carbonyl (C=O) groups is 1. The van der Waals surface area contributed by atoms with E-state index < -0.39 is 0 Å². The molecule has 27 heavy (non-hydrogen) atoms. The molecule has 0 saturated heterocycles. The number of nitrogens with zero attached hydrogens (tertiary/aromatic N) is 2. The Labute approximate surface area is 162 Å². The van der Waals surface area contributed by atoms with Crippen LogP contribution in [0.5, 0.6) is 11.5 Å². The Bertz CT molecular complexity index is 1040. The largest absolute Gasteiger partial charge is 0.486 e. The zero-order chi connectivity index (χ0) is 19.0. The van der Waals surface area contributed by atoms with E-state index in [9.17, 15) is 4.79 Å². The fourth-order valence-corrected chi connectivity index (χ4v) is 3.38. The highest BCUT2D eigenvalue weighted by Gasteiger charge is 2.18. The third kappa shape index (κ3) is 3.55. The molecule has 2 heterocycles. The topological polar surface area (TPSA) is 51.7 Å². The average Bonchev–Trinajstić information content (AvgIpc) is 2.67. The van der Waals surface area contributed by atoms with Gasteiger partial charge in [-0.05, 0) is 48.9 Å². The average molecular weight is 383 g/mol. The number of aryl methyl sites for hydroxylation is 1. The molecule has 1 aromatic heterocycles. The van der Waals surface area contributed by atoms with E-state index >= 15 is 0 Å². The third-order valence-electron chi connectivity index (χ3n) is 4.57. The first kappa shape index (κ1) is 17.6. The fourth-order valence-electron chi connectivity index (χ4n) is 3.20. The minimum absolute atomic E-state index is 0.0863. The molecular weight excluding hydrogens is 364 g/mol. The van der Waals surface area contributed by atoms with Crippen LogP contribution in [-0.2, 0) is 6.54 Å². The Morgan fingerprint density at radius 1 is 1.11 bits per heavy atom. The predicted octanol–water partition coefficient (Wildman–Crippen LogP) is 4.24. The third-order valence-corrected chi connectivity index (χ3v) is 4.81. The van der Waals surface area contributed by atoms with Gasteiger partial charge >= 0.3 is 0 Å². The molecule has 3 aromatic rings. The van der Waals surface area contributed by atoms with Gasteiger partial charge in [-0.15, -0.1) is 0 Å². The van der Waals surface area contributed by atoms with Crippen molar-refractivity contribution in [3.05, 3.63) is 64.3 Å². The van der Waals surface area contributed by atoms with Gasteiger partial charge in [0, 0.05) is 24.0 Å². The summed E-state index contributed by atoms with van der Waals surface area (Å²) in [4.78, 5) is 19.2. The van der Waals surface area contributed by atoms with Crippen LogP contribution in [0.15, 0.2) is 42.5 Å². The fraction of sp³-hybridized carbons (Fsp3) is 0.238. The van der Waals surface area contributed by atoms with Gasteiger partial charge in [-0.25, -0.2) is 0 Å². The molecule has 0 atom stereocenters. The summed E-state index contributed by atoms with van der Waals surface area (Å²) in [5, 5.41) is 1.47. The minimum Gasteiger partial charge on any atom is -0.486 e. The second kappa shape index (κ2) is 7.08. The number of amides is 1. The Morgan fingerprint density at radius 3 is 2.70 bits per heavy atom. The summed E-state index contributed by atoms with van der Waals surface area (Å²) in [5.74, 6) is 1.37. The van der Waals surface area contributed by atoms with E-state index in [1.165, 1.54) is 0 Å². The molecular formula is C21H19ClN2O3. The van der Waals surface area contributed by atoms with Crippen molar-refractivity contribution >= 4 is 28.4 Å². The van der Waals surface area contributed by atoms with E-state index in [4.69, 9.17) is 21.1 Å². The predicted molar refractivity (Wildman–Crippen MR) is 105 cm³/mol. The van der Waals surface area contributed by atoms with Crippen molar-refractivity contribution in [1.82, 2.24) is 9.88 Å². The van der Waals surface area contributed by atoms with Gasteiger partial charge in [0.1, 0.15) is 13.2 Å². The number of benzene rings is 2. The maximum Gasteiger partial charge on any atom is 0.255 e. The van der Waals surface area contributed by atoms with Crippen LogP contribution in [-0.4, -0.2) is 36.1 Å². The van der Waals surface area contributed by atoms with Crippen LogP contribution in [0, 0.1) is 6.92 Å². The summed E-state index contributed by atoms with van der Waals surface area (Å²) in [6.07, 6.45) is 0. The molecule has 138 valence electrons. The number of pyridine rings is 1. The summed E-state index contributed by atoms with van der Waals surface area (Å²) in [6, 6.07) is 13.1. The molecule has 0 unspecified atom stereocenters. The van der Waals surface area contributed by atoms with Crippen LogP contribution < -0.4 is 9.47 Å². The van der Waals surface area contributed by atoms with Crippen molar-refractivity contribution in [2.24, 2.45) is 0 Å². The number of carbonyl (C=O) groups excluding carboxylic acids is 1. The molecule has 1 amide bonds. The Kier molecular flexibility index (Phi) is 4.62. The molecule has 6 heteroatoms. The number of hydrogen-bond donors (Lipinski definition) is 0. The maximum absolute atomic E-state index is 13.0. The summed E-state index contributed by atoms with van der Waals surface area (Å²) in [5.41, 5.74) is 3.07. The minimum atomic E-state index is -0.0863. The van der Waals surface area contributed by atoms with Crippen molar-refractivity contribution in [1.29, 1.82) is 0 Å². The molecule has 0 bridgehead atoms. The van der Waals surface area contributed by atoms with Gasteiger partial charge in [0.15, 0.2) is 11.5 Å². The first-order chi connectivity index (χ1) is 13.0. The molecule has 2 aromatic carbocycles. The summed E-state index contributed by atoms with van der Waals surface area (Å²) >= 11 is 6.07. The Morgan fingerprint density at radius 2 is 1.89 bits per heavy atom. The zero-order valence-electron chi connectivity index (χ0n) is 15.2. The van der Waals surface area contributed by atoms with Crippen LogP contribution in [0.25, 0.3) is 10.9 Å². The summed E-state index contributed by atoms with van der Waals surface area (Å²) in [7, 11) is 1.78. The number of rotatable bonds is 3. The number of halogens is 1. The van der Waals surface area contributed by atoms with E-state index in [-0.39, 0.29) is 5.91 Å². The summed E-state index contributed by atoms with van der Waals surface area (Å²) in [6.45, 7) is 3.40. The molecule has 0 spiro atoms. The van der Waals surface area contributed by atoms with Gasteiger partial charge < -0.3 is 14.4 Å².